The first-order chi connectivity index (χ1) is 15.2. The van der Waals surface area contributed by atoms with Crippen LogP contribution in [0.1, 0.15) is 31.9 Å². The first-order valence-electron chi connectivity index (χ1n) is 10.3. The van der Waals surface area contributed by atoms with Crippen molar-refractivity contribution in [2.75, 3.05) is 0 Å². The molecule has 0 fully saturated rings. The zero-order valence-corrected chi connectivity index (χ0v) is 18.4. The molecule has 0 saturated heterocycles. The van der Waals surface area contributed by atoms with Crippen LogP contribution in [-0.2, 0) is 22.5 Å². The minimum absolute atomic E-state index is 0.199. The molecule has 32 heavy (non-hydrogen) atoms. The average Bonchev–Trinajstić information content (AvgIpc) is 2.75. The zero-order chi connectivity index (χ0) is 23.6. The molecule has 9 heteroatoms. The minimum Gasteiger partial charge on any atom is -0.444 e. The van der Waals surface area contributed by atoms with Gasteiger partial charge in [-0.3, -0.25) is 4.79 Å². The van der Waals surface area contributed by atoms with Gasteiger partial charge in [-0.05, 0) is 43.9 Å². The molecule has 3 N–H and O–H groups in total. The van der Waals surface area contributed by atoms with E-state index in [0.29, 0.717) is 0 Å². The van der Waals surface area contributed by atoms with Gasteiger partial charge in [-0.25, -0.2) is 4.79 Å². The van der Waals surface area contributed by atoms with Crippen LogP contribution < -0.4 is 10.6 Å². The van der Waals surface area contributed by atoms with Gasteiger partial charge in [-0.15, -0.1) is 0 Å². The molecule has 0 spiro atoms. The largest absolute Gasteiger partial charge is 0.444 e. The minimum atomic E-state index is -1.49. The molecule has 0 aromatic heterocycles. The molecule has 0 bridgehead atoms. The fraction of sp³-hybridized carbons (Fsp3) is 0.391. The third-order valence-electron chi connectivity index (χ3n) is 4.49. The maximum absolute atomic E-state index is 12.7. The molecule has 0 aliphatic heterocycles. The van der Waals surface area contributed by atoms with Crippen molar-refractivity contribution in [2.45, 2.75) is 57.5 Å². The summed E-state index contributed by atoms with van der Waals surface area (Å²) in [6, 6.07) is 15.9. The smallest absolute Gasteiger partial charge is 0.407 e. The molecule has 2 aromatic carbocycles. The third-order valence-corrected chi connectivity index (χ3v) is 4.49. The lowest BCUT2D eigenvalue weighted by atomic mass is 9.96. The van der Waals surface area contributed by atoms with Crippen LogP contribution in [0.3, 0.4) is 0 Å². The van der Waals surface area contributed by atoms with E-state index in [-0.39, 0.29) is 13.0 Å². The van der Waals surface area contributed by atoms with Gasteiger partial charge in [0.25, 0.3) is 0 Å². The highest BCUT2D eigenvalue weighted by Gasteiger charge is 2.34. The van der Waals surface area contributed by atoms with Crippen LogP contribution in [0.4, 0.5) is 4.79 Å². The van der Waals surface area contributed by atoms with Gasteiger partial charge in [0.2, 0.25) is 5.91 Å². The highest BCUT2D eigenvalue weighted by atomic mass is 16.6. The Balaban J connectivity index is 2.19. The second-order valence-corrected chi connectivity index (χ2v) is 8.29. The molecule has 3 atom stereocenters. The molecule has 0 aliphatic rings. The molecule has 2 aromatic rings. The number of alkyl carbamates (subject to hydrolysis) is 1. The predicted molar refractivity (Wildman–Crippen MR) is 121 cm³/mol. The van der Waals surface area contributed by atoms with Crippen molar-refractivity contribution < 1.29 is 19.4 Å². The SMILES string of the molecule is CC(C)(C)OC(=O)N[C@@H](Cc1ccccc1)[C@H](O)[C@H](N=[N+]=[N-])C(=O)NCc1ccccc1. The van der Waals surface area contributed by atoms with Crippen LogP contribution in [0, 0.1) is 0 Å². The lowest BCUT2D eigenvalue weighted by molar-refractivity contribution is -0.125. The second-order valence-electron chi connectivity index (χ2n) is 8.29. The van der Waals surface area contributed by atoms with Crippen molar-refractivity contribution in [2.24, 2.45) is 5.11 Å². The van der Waals surface area contributed by atoms with E-state index in [9.17, 15) is 14.7 Å². The van der Waals surface area contributed by atoms with Gasteiger partial charge < -0.3 is 20.5 Å². The van der Waals surface area contributed by atoms with Gasteiger partial charge >= 0.3 is 6.09 Å². The Morgan fingerprint density at radius 2 is 1.62 bits per heavy atom. The third kappa shape index (κ3) is 8.29. The molecule has 9 nitrogen and oxygen atoms in total. The molecule has 0 heterocycles. The summed E-state index contributed by atoms with van der Waals surface area (Å²) in [6.45, 7) is 5.35. The number of ether oxygens (including phenoxy) is 1. The highest BCUT2D eigenvalue weighted by Crippen LogP contribution is 2.14. The van der Waals surface area contributed by atoms with Crippen molar-refractivity contribution in [3.63, 3.8) is 0 Å². The summed E-state index contributed by atoms with van der Waals surface area (Å²) in [5.41, 5.74) is 9.90. The van der Waals surface area contributed by atoms with Crippen molar-refractivity contribution in [1.29, 1.82) is 0 Å². The van der Waals surface area contributed by atoms with E-state index < -0.39 is 35.8 Å². The number of carbonyl (C=O) groups is 2. The molecular formula is C23H29N5O4. The first kappa shape index (κ1) is 24.7. The Kier molecular flexibility index (Phi) is 9.07. The van der Waals surface area contributed by atoms with Crippen molar-refractivity contribution >= 4 is 12.0 Å². The van der Waals surface area contributed by atoms with E-state index in [1.807, 2.05) is 60.7 Å². The van der Waals surface area contributed by atoms with E-state index in [2.05, 4.69) is 20.7 Å². The monoisotopic (exact) mass is 439 g/mol. The molecule has 0 aliphatic carbocycles. The van der Waals surface area contributed by atoms with Crippen LogP contribution in [0.5, 0.6) is 0 Å². The topological polar surface area (TPSA) is 136 Å². The summed E-state index contributed by atoms with van der Waals surface area (Å²) in [5.74, 6) is -0.650. The lowest BCUT2D eigenvalue weighted by Gasteiger charge is -2.29. The standard InChI is InChI=1S/C23H29N5O4/c1-23(2,3)32-22(31)26-18(14-16-10-6-4-7-11-16)20(29)19(27-28-24)21(30)25-15-17-12-8-5-9-13-17/h4-13,18-20,29H,14-15H2,1-3H3,(H,25,30)(H,26,31)/t18-,19-,20-/m0/s1. The van der Waals surface area contributed by atoms with E-state index in [4.69, 9.17) is 10.3 Å². The molecule has 0 saturated carbocycles. The van der Waals surface area contributed by atoms with Crippen molar-refractivity contribution in [1.82, 2.24) is 10.6 Å². The maximum Gasteiger partial charge on any atom is 0.407 e. The molecule has 0 radical (unpaired) electrons. The quantitative estimate of drug-likeness (QED) is 0.313. The number of carbonyl (C=O) groups excluding carboxylic acids is 2. The fourth-order valence-electron chi connectivity index (χ4n) is 3.03. The predicted octanol–water partition coefficient (Wildman–Crippen LogP) is 3.48. The van der Waals surface area contributed by atoms with Crippen LogP contribution >= 0.6 is 0 Å². The number of aliphatic hydroxyl groups excluding tert-OH is 1. The Hall–Kier alpha value is -3.55. The Morgan fingerprint density at radius 1 is 1.06 bits per heavy atom. The highest BCUT2D eigenvalue weighted by molar-refractivity contribution is 5.82. The van der Waals surface area contributed by atoms with Gasteiger partial charge in [0, 0.05) is 11.5 Å². The van der Waals surface area contributed by atoms with Crippen molar-refractivity contribution in [3.8, 4) is 0 Å². The van der Waals surface area contributed by atoms with Crippen molar-refractivity contribution in [3.05, 3.63) is 82.2 Å². The number of amides is 2. The Bertz CT molecular complexity index is 924. The fourth-order valence-corrected chi connectivity index (χ4v) is 3.03. The van der Waals surface area contributed by atoms with Gasteiger partial charge in [0.15, 0.2) is 0 Å². The number of rotatable bonds is 9. The summed E-state index contributed by atoms with van der Waals surface area (Å²) in [6.07, 6.45) is -2.04. The summed E-state index contributed by atoms with van der Waals surface area (Å²) >= 11 is 0. The molecule has 2 rings (SSSR count). The Labute approximate surface area is 187 Å². The summed E-state index contributed by atoms with van der Waals surface area (Å²) in [7, 11) is 0. The summed E-state index contributed by atoms with van der Waals surface area (Å²) < 4.78 is 5.30. The molecule has 2 amide bonds. The number of benzene rings is 2. The number of nitrogens with one attached hydrogen (secondary N) is 2. The van der Waals surface area contributed by atoms with Gasteiger partial charge in [0.05, 0.1) is 12.1 Å². The summed E-state index contributed by atoms with van der Waals surface area (Å²) in [5, 5.41) is 19.8. The molecule has 0 unspecified atom stereocenters. The van der Waals surface area contributed by atoms with E-state index in [1.54, 1.807) is 20.8 Å². The lowest BCUT2D eigenvalue weighted by Crippen LogP contribution is -2.54. The van der Waals surface area contributed by atoms with Gasteiger partial charge in [0.1, 0.15) is 11.6 Å². The molecular weight excluding hydrogens is 410 g/mol. The van der Waals surface area contributed by atoms with Gasteiger partial charge in [-0.1, -0.05) is 65.8 Å². The van der Waals surface area contributed by atoms with Crippen LogP contribution in [0.2, 0.25) is 0 Å². The zero-order valence-electron chi connectivity index (χ0n) is 18.4. The molecule has 170 valence electrons. The second kappa shape index (κ2) is 11.7. The Morgan fingerprint density at radius 3 is 2.16 bits per heavy atom. The van der Waals surface area contributed by atoms with Gasteiger partial charge in [-0.2, -0.15) is 0 Å². The van der Waals surface area contributed by atoms with E-state index in [1.165, 1.54) is 0 Å². The normalized spacial score (nSPS) is 13.8. The number of azide groups is 1. The first-order valence-corrected chi connectivity index (χ1v) is 10.3. The van der Waals surface area contributed by atoms with E-state index >= 15 is 0 Å². The number of hydrogen-bond donors (Lipinski definition) is 3. The van der Waals surface area contributed by atoms with Crippen LogP contribution in [-0.4, -0.2) is 40.9 Å². The maximum atomic E-state index is 12.7. The average molecular weight is 440 g/mol. The number of hydrogen-bond acceptors (Lipinski definition) is 5. The van der Waals surface area contributed by atoms with Crippen LogP contribution in [0.25, 0.3) is 10.4 Å². The number of nitrogens with zero attached hydrogens (tertiary/aromatic N) is 3. The van der Waals surface area contributed by atoms with Crippen LogP contribution in [0.15, 0.2) is 65.8 Å². The number of aliphatic hydroxyl groups is 1. The summed E-state index contributed by atoms with van der Waals surface area (Å²) in [4.78, 5) is 27.8. The van der Waals surface area contributed by atoms with E-state index in [0.717, 1.165) is 11.1 Å².